The average Bonchev–Trinajstić information content (AvgIpc) is 2.25. The SMILES string of the molecule is CCN(CC)CCNc1cccc(N)n1. The van der Waals surface area contributed by atoms with Crippen LogP contribution in [-0.2, 0) is 0 Å². The molecule has 0 spiro atoms. The van der Waals surface area contributed by atoms with Gasteiger partial charge in [0.25, 0.3) is 0 Å². The lowest BCUT2D eigenvalue weighted by Crippen LogP contribution is -2.28. The number of nitrogens with two attached hydrogens (primary N) is 1. The zero-order valence-corrected chi connectivity index (χ0v) is 9.53. The van der Waals surface area contributed by atoms with Crippen LogP contribution in [0.2, 0.25) is 0 Å². The number of nitrogen functional groups attached to an aromatic ring is 1. The van der Waals surface area contributed by atoms with Crippen molar-refractivity contribution in [2.24, 2.45) is 0 Å². The maximum Gasteiger partial charge on any atom is 0.128 e. The Morgan fingerprint density at radius 1 is 1.33 bits per heavy atom. The first-order valence-corrected chi connectivity index (χ1v) is 5.45. The van der Waals surface area contributed by atoms with Crippen LogP contribution in [0.15, 0.2) is 18.2 Å². The molecule has 0 fully saturated rings. The van der Waals surface area contributed by atoms with Crippen molar-refractivity contribution in [2.75, 3.05) is 37.2 Å². The van der Waals surface area contributed by atoms with Crippen molar-refractivity contribution in [1.82, 2.24) is 9.88 Å². The Morgan fingerprint density at radius 2 is 2.07 bits per heavy atom. The highest BCUT2D eigenvalue weighted by Gasteiger charge is 1.98. The van der Waals surface area contributed by atoms with Crippen LogP contribution in [0.3, 0.4) is 0 Å². The van der Waals surface area contributed by atoms with Gasteiger partial charge in [-0.15, -0.1) is 0 Å². The lowest BCUT2D eigenvalue weighted by molar-refractivity contribution is 0.316. The topological polar surface area (TPSA) is 54.2 Å². The Hall–Kier alpha value is -1.29. The number of hydrogen-bond donors (Lipinski definition) is 2. The van der Waals surface area contributed by atoms with Gasteiger partial charge >= 0.3 is 0 Å². The molecule has 0 atom stereocenters. The summed E-state index contributed by atoms with van der Waals surface area (Å²) >= 11 is 0. The Kier molecular flexibility index (Phi) is 4.90. The zero-order chi connectivity index (χ0) is 11.1. The van der Waals surface area contributed by atoms with Crippen LogP contribution in [0.25, 0.3) is 0 Å². The van der Waals surface area contributed by atoms with Crippen LogP contribution in [0.1, 0.15) is 13.8 Å². The molecule has 0 saturated heterocycles. The van der Waals surface area contributed by atoms with Gasteiger partial charge in [0.05, 0.1) is 0 Å². The highest BCUT2D eigenvalue weighted by atomic mass is 15.1. The molecule has 84 valence electrons. The fourth-order valence-corrected chi connectivity index (χ4v) is 1.43. The monoisotopic (exact) mass is 208 g/mol. The van der Waals surface area contributed by atoms with Gasteiger partial charge in [-0.3, -0.25) is 0 Å². The second-order valence-electron chi connectivity index (χ2n) is 3.40. The van der Waals surface area contributed by atoms with Gasteiger partial charge in [-0.1, -0.05) is 19.9 Å². The van der Waals surface area contributed by atoms with Gasteiger partial charge in [-0.2, -0.15) is 0 Å². The molecule has 0 saturated carbocycles. The van der Waals surface area contributed by atoms with E-state index in [0.29, 0.717) is 5.82 Å². The summed E-state index contributed by atoms with van der Waals surface area (Å²) in [7, 11) is 0. The Labute approximate surface area is 91.5 Å². The Morgan fingerprint density at radius 3 is 2.67 bits per heavy atom. The van der Waals surface area contributed by atoms with Gasteiger partial charge in [0.2, 0.25) is 0 Å². The molecule has 4 nitrogen and oxygen atoms in total. The van der Waals surface area contributed by atoms with Crippen molar-refractivity contribution in [2.45, 2.75) is 13.8 Å². The maximum atomic E-state index is 5.58. The highest BCUT2D eigenvalue weighted by Crippen LogP contribution is 2.04. The van der Waals surface area contributed by atoms with E-state index >= 15 is 0 Å². The minimum Gasteiger partial charge on any atom is -0.384 e. The van der Waals surface area contributed by atoms with Crippen LogP contribution in [0.4, 0.5) is 11.6 Å². The number of hydrogen-bond acceptors (Lipinski definition) is 4. The first-order chi connectivity index (χ1) is 7.26. The zero-order valence-electron chi connectivity index (χ0n) is 9.53. The smallest absolute Gasteiger partial charge is 0.128 e. The molecule has 0 radical (unpaired) electrons. The molecular formula is C11H20N4. The molecule has 15 heavy (non-hydrogen) atoms. The van der Waals surface area contributed by atoms with Crippen LogP contribution in [-0.4, -0.2) is 36.1 Å². The molecule has 1 aromatic rings. The summed E-state index contributed by atoms with van der Waals surface area (Å²) in [6.07, 6.45) is 0. The molecule has 0 bridgehead atoms. The van der Waals surface area contributed by atoms with Crippen LogP contribution >= 0.6 is 0 Å². The summed E-state index contributed by atoms with van der Waals surface area (Å²) in [6.45, 7) is 8.44. The summed E-state index contributed by atoms with van der Waals surface area (Å²) in [5.41, 5.74) is 5.58. The number of nitrogens with one attached hydrogen (secondary N) is 1. The van der Waals surface area contributed by atoms with Crippen LogP contribution in [0, 0.1) is 0 Å². The number of aromatic nitrogens is 1. The van der Waals surface area contributed by atoms with Crippen molar-refractivity contribution in [3.63, 3.8) is 0 Å². The van der Waals surface area contributed by atoms with E-state index in [1.807, 2.05) is 12.1 Å². The predicted octanol–water partition coefficient (Wildman–Crippen LogP) is 1.42. The summed E-state index contributed by atoms with van der Waals surface area (Å²) in [5.74, 6) is 1.41. The number of likely N-dealkylation sites (N-methyl/N-ethyl adjacent to an activating group) is 1. The molecular weight excluding hydrogens is 188 g/mol. The third-order valence-corrected chi connectivity index (χ3v) is 2.40. The van der Waals surface area contributed by atoms with Crippen LogP contribution < -0.4 is 11.1 Å². The Bertz CT molecular complexity index is 284. The van der Waals surface area contributed by atoms with E-state index < -0.39 is 0 Å². The molecule has 0 aliphatic carbocycles. The van der Waals surface area contributed by atoms with Gasteiger partial charge in [0.15, 0.2) is 0 Å². The fourth-order valence-electron chi connectivity index (χ4n) is 1.43. The van der Waals surface area contributed by atoms with E-state index in [4.69, 9.17) is 5.73 Å². The largest absolute Gasteiger partial charge is 0.384 e. The minimum absolute atomic E-state index is 0.558. The van der Waals surface area contributed by atoms with Gasteiger partial charge in [0, 0.05) is 13.1 Å². The molecule has 0 aliphatic rings. The van der Waals surface area contributed by atoms with Crippen molar-refractivity contribution < 1.29 is 0 Å². The number of pyridine rings is 1. The number of rotatable bonds is 6. The third-order valence-electron chi connectivity index (χ3n) is 2.40. The quantitative estimate of drug-likeness (QED) is 0.742. The summed E-state index contributed by atoms with van der Waals surface area (Å²) in [5, 5.41) is 3.25. The second-order valence-corrected chi connectivity index (χ2v) is 3.40. The van der Waals surface area contributed by atoms with E-state index in [-0.39, 0.29) is 0 Å². The molecule has 1 aromatic heterocycles. The molecule has 3 N–H and O–H groups in total. The molecule has 0 amide bonds. The fraction of sp³-hybridized carbons (Fsp3) is 0.545. The second kappa shape index (κ2) is 6.24. The average molecular weight is 208 g/mol. The van der Waals surface area contributed by atoms with E-state index in [1.165, 1.54) is 0 Å². The molecule has 1 heterocycles. The van der Waals surface area contributed by atoms with E-state index in [1.54, 1.807) is 6.07 Å². The number of anilines is 2. The minimum atomic E-state index is 0.558. The lowest BCUT2D eigenvalue weighted by Gasteiger charge is -2.18. The maximum absolute atomic E-state index is 5.58. The summed E-state index contributed by atoms with van der Waals surface area (Å²) in [4.78, 5) is 6.53. The van der Waals surface area contributed by atoms with Crippen molar-refractivity contribution >= 4 is 11.6 Å². The standard InChI is InChI=1S/C11H20N4/c1-3-15(4-2)9-8-13-11-7-5-6-10(12)14-11/h5-7H,3-4,8-9H2,1-2H3,(H3,12,13,14). The summed E-state index contributed by atoms with van der Waals surface area (Å²) in [6, 6.07) is 5.62. The van der Waals surface area contributed by atoms with Gasteiger partial charge in [-0.05, 0) is 25.2 Å². The van der Waals surface area contributed by atoms with Crippen molar-refractivity contribution in [3.05, 3.63) is 18.2 Å². The van der Waals surface area contributed by atoms with Gasteiger partial charge in [-0.25, -0.2) is 4.98 Å². The first kappa shape index (κ1) is 11.8. The first-order valence-electron chi connectivity index (χ1n) is 5.45. The molecule has 1 rings (SSSR count). The molecule has 0 unspecified atom stereocenters. The summed E-state index contributed by atoms with van der Waals surface area (Å²) < 4.78 is 0. The highest BCUT2D eigenvalue weighted by molar-refractivity contribution is 5.42. The normalized spacial score (nSPS) is 10.6. The molecule has 0 aromatic carbocycles. The van der Waals surface area contributed by atoms with Crippen LogP contribution in [0.5, 0.6) is 0 Å². The lowest BCUT2D eigenvalue weighted by atomic mass is 10.4. The van der Waals surface area contributed by atoms with Crippen molar-refractivity contribution in [1.29, 1.82) is 0 Å². The molecule has 0 aliphatic heterocycles. The van der Waals surface area contributed by atoms with E-state index in [2.05, 4.69) is 29.0 Å². The van der Waals surface area contributed by atoms with Gasteiger partial charge in [0.1, 0.15) is 11.6 Å². The third kappa shape index (κ3) is 4.16. The number of nitrogens with zero attached hydrogens (tertiary/aromatic N) is 2. The molecule has 4 heteroatoms. The Balaban J connectivity index is 2.31. The van der Waals surface area contributed by atoms with Gasteiger partial charge < -0.3 is 16.0 Å². The van der Waals surface area contributed by atoms with E-state index in [9.17, 15) is 0 Å². The van der Waals surface area contributed by atoms with E-state index in [0.717, 1.165) is 32.0 Å². The van der Waals surface area contributed by atoms with Crippen molar-refractivity contribution in [3.8, 4) is 0 Å². The predicted molar refractivity (Wildman–Crippen MR) is 64.9 cm³/mol.